The van der Waals surface area contributed by atoms with Crippen molar-refractivity contribution in [3.63, 3.8) is 0 Å². The van der Waals surface area contributed by atoms with Crippen molar-refractivity contribution in [1.29, 1.82) is 0 Å². The summed E-state index contributed by atoms with van der Waals surface area (Å²) in [5.74, 6) is -4.30. The van der Waals surface area contributed by atoms with E-state index in [9.17, 15) is 19.0 Å². The van der Waals surface area contributed by atoms with Crippen molar-refractivity contribution in [3.05, 3.63) is 89.1 Å². The number of fused-ring (bicyclic) bond motifs is 2. The van der Waals surface area contributed by atoms with E-state index in [2.05, 4.69) is 15.0 Å². The highest BCUT2D eigenvalue weighted by atomic mass is 19.2. The lowest BCUT2D eigenvalue weighted by molar-refractivity contribution is 0.0964. The summed E-state index contributed by atoms with van der Waals surface area (Å²) in [5, 5.41) is 19.3. The van der Waals surface area contributed by atoms with E-state index in [4.69, 9.17) is 25.2 Å². The van der Waals surface area contributed by atoms with Gasteiger partial charge in [-0.15, -0.1) is 0 Å². The number of aromatic amines is 2. The number of para-hydroxylation sites is 1. The zero-order valence-electron chi connectivity index (χ0n) is 21.1. The van der Waals surface area contributed by atoms with Gasteiger partial charge in [0.05, 0.1) is 23.1 Å². The second-order valence-electron chi connectivity index (χ2n) is 9.74. The zero-order chi connectivity index (χ0) is 28.4. The van der Waals surface area contributed by atoms with E-state index in [0.29, 0.717) is 17.0 Å². The Morgan fingerprint density at radius 3 is 2.70 bits per heavy atom. The number of aromatic nitrogens is 3. The molecule has 1 aliphatic heterocycles. The number of nitrogens with one attached hydrogen (secondary N) is 2. The Morgan fingerprint density at radius 1 is 1.12 bits per heavy atom. The minimum absolute atomic E-state index is 0.0141. The summed E-state index contributed by atoms with van der Waals surface area (Å²) in [6.45, 7) is 2.04. The van der Waals surface area contributed by atoms with Crippen LogP contribution in [0.3, 0.4) is 0 Å². The third-order valence-corrected chi connectivity index (χ3v) is 7.36. The number of phenolic OH excluding ortho intramolecular Hbond substituents is 1. The van der Waals surface area contributed by atoms with Gasteiger partial charge in [-0.3, -0.25) is 0 Å². The van der Waals surface area contributed by atoms with Crippen molar-refractivity contribution in [2.75, 3.05) is 6.61 Å². The van der Waals surface area contributed by atoms with Crippen molar-refractivity contribution >= 4 is 26.6 Å². The number of imidazole rings is 1. The number of rotatable bonds is 5. The number of halogens is 3. The van der Waals surface area contributed by atoms with Crippen LogP contribution in [0.2, 0.25) is 0 Å². The molecule has 0 amide bonds. The first-order chi connectivity index (χ1) is 19.0. The molecule has 0 aliphatic carbocycles. The van der Waals surface area contributed by atoms with Gasteiger partial charge in [-0.25, -0.2) is 13.8 Å². The van der Waals surface area contributed by atoms with Gasteiger partial charge in [0.2, 0.25) is 11.6 Å². The number of hydrogen-bond donors (Lipinski definition) is 4. The smallest absolute Gasteiger partial charge is 0.208 e. The SMILES string of the molecule is [B]C([B])(O)C1(c2cnc(-c3cc(Oc4c(F)c(F)c5[nH]ccc5c4O)ccc3F)[nH]2)CCOc2c(C)cccc21. The summed E-state index contributed by atoms with van der Waals surface area (Å²) >= 11 is 0. The number of nitrogens with zero attached hydrogens (tertiary/aromatic N) is 1. The summed E-state index contributed by atoms with van der Waals surface area (Å²) < 4.78 is 55.6. The maximum absolute atomic E-state index is 15.0. The van der Waals surface area contributed by atoms with E-state index in [1.165, 1.54) is 30.6 Å². The van der Waals surface area contributed by atoms with Crippen LogP contribution in [0.25, 0.3) is 22.3 Å². The Bertz CT molecular complexity index is 1780. The maximum Gasteiger partial charge on any atom is 0.208 e. The summed E-state index contributed by atoms with van der Waals surface area (Å²) in [6.07, 6.45) is 2.92. The zero-order valence-corrected chi connectivity index (χ0v) is 21.1. The molecule has 3 aromatic carbocycles. The molecule has 40 heavy (non-hydrogen) atoms. The topological polar surface area (TPSA) is 103 Å². The van der Waals surface area contributed by atoms with Crippen molar-refractivity contribution < 1.29 is 32.9 Å². The number of aromatic hydroxyl groups is 1. The number of hydrogen-bond acceptors (Lipinski definition) is 5. The standard InChI is InChI=1S/C28H20B2F3N3O4/c1-13-3-2-4-17-24(13)39-10-8-27(17,28(29,30)38)19-12-35-26(36-19)16-11-14(5-6-18(16)31)40-25-21(33)20(32)22-15(23(25)37)7-9-34-22/h2-7,9,11-12,34,37-38H,8,10H2,1H3,(H,35,36). The van der Waals surface area contributed by atoms with Gasteiger partial charge in [0.25, 0.3) is 0 Å². The molecule has 0 spiro atoms. The van der Waals surface area contributed by atoms with Gasteiger partial charge in [0, 0.05) is 34.4 Å². The Morgan fingerprint density at radius 2 is 1.93 bits per heavy atom. The fourth-order valence-electron chi connectivity index (χ4n) is 5.35. The van der Waals surface area contributed by atoms with E-state index in [1.807, 2.05) is 13.0 Å². The van der Waals surface area contributed by atoms with Gasteiger partial charge in [-0.2, -0.15) is 4.39 Å². The minimum atomic E-state index is -2.26. The normalized spacial score (nSPS) is 17.0. The highest BCUT2D eigenvalue weighted by molar-refractivity contribution is 6.40. The lowest BCUT2D eigenvalue weighted by Crippen LogP contribution is -2.56. The molecular formula is C28H20B2F3N3O4. The molecule has 1 atom stereocenters. The molecule has 12 heteroatoms. The molecule has 0 saturated heterocycles. The average molecular weight is 541 g/mol. The Hall–Kier alpha value is -4.31. The third kappa shape index (κ3) is 3.77. The monoisotopic (exact) mass is 541 g/mol. The first kappa shape index (κ1) is 25.9. The first-order valence-electron chi connectivity index (χ1n) is 12.3. The second-order valence-corrected chi connectivity index (χ2v) is 9.74. The molecule has 6 rings (SSSR count). The second kappa shape index (κ2) is 9.12. The van der Waals surface area contributed by atoms with Crippen LogP contribution in [0.1, 0.15) is 23.2 Å². The number of benzene rings is 3. The molecular weight excluding hydrogens is 521 g/mol. The molecule has 1 aliphatic rings. The fraction of sp³-hybridized carbons (Fsp3) is 0.179. The van der Waals surface area contributed by atoms with E-state index in [-0.39, 0.29) is 41.1 Å². The van der Waals surface area contributed by atoms with E-state index in [0.717, 1.165) is 11.6 Å². The molecule has 0 saturated carbocycles. The predicted molar refractivity (Wildman–Crippen MR) is 142 cm³/mol. The largest absolute Gasteiger partial charge is 0.504 e. The van der Waals surface area contributed by atoms with Gasteiger partial charge in [0.1, 0.15) is 38.8 Å². The van der Waals surface area contributed by atoms with Crippen LogP contribution >= 0.6 is 0 Å². The molecule has 4 radical (unpaired) electrons. The Balaban J connectivity index is 1.43. The first-order valence-corrected chi connectivity index (χ1v) is 12.3. The van der Waals surface area contributed by atoms with E-state index >= 15 is 4.39 Å². The van der Waals surface area contributed by atoms with E-state index < -0.39 is 39.8 Å². The van der Waals surface area contributed by atoms with E-state index in [1.54, 1.807) is 12.1 Å². The van der Waals surface area contributed by atoms with Crippen LogP contribution in [0.4, 0.5) is 13.2 Å². The van der Waals surface area contributed by atoms with Gasteiger partial charge in [0.15, 0.2) is 11.6 Å². The lowest BCUT2D eigenvalue weighted by atomic mass is 9.46. The van der Waals surface area contributed by atoms with Crippen molar-refractivity contribution in [2.45, 2.75) is 24.2 Å². The quantitative estimate of drug-likeness (QED) is 0.239. The highest BCUT2D eigenvalue weighted by Crippen LogP contribution is 2.49. The van der Waals surface area contributed by atoms with Gasteiger partial charge in [-0.05, 0) is 43.2 Å². The van der Waals surface area contributed by atoms with Crippen LogP contribution in [-0.2, 0) is 5.41 Å². The van der Waals surface area contributed by atoms with Crippen molar-refractivity contribution in [2.24, 2.45) is 0 Å². The molecule has 198 valence electrons. The fourth-order valence-corrected chi connectivity index (χ4v) is 5.35. The Kier molecular flexibility index (Phi) is 5.92. The molecule has 0 bridgehead atoms. The van der Waals surface area contributed by atoms with Crippen LogP contribution < -0.4 is 9.47 Å². The predicted octanol–water partition coefficient (Wildman–Crippen LogP) is 4.83. The summed E-state index contributed by atoms with van der Waals surface area (Å²) in [6, 6.07) is 10.2. The van der Waals surface area contributed by atoms with Crippen LogP contribution in [0, 0.1) is 24.4 Å². The molecule has 7 nitrogen and oxygen atoms in total. The minimum Gasteiger partial charge on any atom is -0.504 e. The summed E-state index contributed by atoms with van der Waals surface area (Å²) in [5.41, 5.74) is -0.0428. The molecule has 4 N–H and O–H groups in total. The number of aliphatic hydroxyl groups is 1. The highest BCUT2D eigenvalue weighted by Gasteiger charge is 2.50. The third-order valence-electron chi connectivity index (χ3n) is 7.36. The molecule has 5 aromatic rings. The van der Waals surface area contributed by atoms with Gasteiger partial charge >= 0.3 is 0 Å². The summed E-state index contributed by atoms with van der Waals surface area (Å²) in [7, 11) is 12.3. The van der Waals surface area contributed by atoms with Gasteiger partial charge < -0.3 is 29.7 Å². The molecule has 2 aromatic heterocycles. The average Bonchev–Trinajstić information content (AvgIpc) is 3.61. The number of aryl methyl sites for hydroxylation is 1. The van der Waals surface area contributed by atoms with Crippen LogP contribution in [-0.4, -0.2) is 52.9 Å². The van der Waals surface area contributed by atoms with Crippen molar-refractivity contribution in [1.82, 2.24) is 15.0 Å². The molecule has 1 unspecified atom stereocenters. The number of H-pyrrole nitrogens is 2. The van der Waals surface area contributed by atoms with Crippen molar-refractivity contribution in [3.8, 4) is 34.4 Å². The Labute approximate surface area is 228 Å². The number of ether oxygens (including phenoxy) is 2. The number of phenols is 1. The summed E-state index contributed by atoms with van der Waals surface area (Å²) in [4.78, 5) is 9.84. The van der Waals surface area contributed by atoms with Gasteiger partial charge in [-0.1, -0.05) is 18.2 Å². The molecule has 3 heterocycles. The van der Waals surface area contributed by atoms with Crippen LogP contribution in [0.15, 0.2) is 54.9 Å². The maximum atomic E-state index is 15.0. The van der Waals surface area contributed by atoms with Crippen LogP contribution in [0.5, 0.6) is 23.0 Å². The lowest BCUT2D eigenvalue weighted by Gasteiger charge is -2.47. The molecule has 0 fully saturated rings.